The number of aromatic nitrogens is 2. The van der Waals surface area contributed by atoms with E-state index in [1.165, 1.54) is 6.20 Å². The van der Waals surface area contributed by atoms with Gasteiger partial charge in [0.2, 0.25) is 5.95 Å². The quantitative estimate of drug-likeness (QED) is 0.502. The lowest BCUT2D eigenvalue weighted by molar-refractivity contribution is 0.425. The molecular weight excluding hydrogens is 216 g/mol. The summed E-state index contributed by atoms with van der Waals surface area (Å²) in [4.78, 5) is 10.0. The minimum Gasteiger partial charge on any atom is -0.367 e. The molecule has 7 heteroatoms. The van der Waals surface area contributed by atoms with E-state index in [0.29, 0.717) is 16.8 Å². The number of hydrazine groups is 1. The molecule has 15 heavy (non-hydrogen) atoms. The third kappa shape index (κ3) is 3.86. The molecule has 0 spiro atoms. The van der Waals surface area contributed by atoms with Crippen molar-refractivity contribution in [2.24, 2.45) is 5.84 Å². The summed E-state index contributed by atoms with van der Waals surface area (Å²) in [6.45, 7) is 1.65. The number of anilines is 2. The van der Waals surface area contributed by atoms with Crippen molar-refractivity contribution in [1.82, 2.24) is 14.9 Å². The van der Waals surface area contributed by atoms with Crippen LogP contribution in [0.4, 0.5) is 11.8 Å². The smallest absolute Gasteiger partial charge is 0.239 e. The second-order valence-electron chi connectivity index (χ2n) is 3.26. The Morgan fingerprint density at radius 1 is 1.53 bits per heavy atom. The van der Waals surface area contributed by atoms with E-state index in [1.54, 1.807) is 0 Å². The van der Waals surface area contributed by atoms with Gasteiger partial charge in [-0.2, -0.15) is 4.98 Å². The highest BCUT2D eigenvalue weighted by Crippen LogP contribution is 2.18. The molecule has 0 fully saturated rings. The van der Waals surface area contributed by atoms with Crippen LogP contribution in [0.25, 0.3) is 0 Å². The molecule has 0 radical (unpaired) electrons. The Kier molecular flexibility index (Phi) is 4.54. The third-order valence-electron chi connectivity index (χ3n) is 1.72. The average Bonchev–Trinajstić information content (AvgIpc) is 2.20. The molecule has 1 aromatic heterocycles. The normalized spacial score (nSPS) is 10.5. The molecule has 1 heterocycles. The van der Waals surface area contributed by atoms with Crippen molar-refractivity contribution < 1.29 is 0 Å². The van der Waals surface area contributed by atoms with Gasteiger partial charge in [0.15, 0.2) is 5.82 Å². The fraction of sp³-hybridized carbons (Fsp3) is 0.500. The number of halogens is 1. The van der Waals surface area contributed by atoms with Gasteiger partial charge in [0.1, 0.15) is 5.02 Å². The molecule has 0 amide bonds. The zero-order valence-corrected chi connectivity index (χ0v) is 9.54. The van der Waals surface area contributed by atoms with Gasteiger partial charge in [-0.05, 0) is 14.1 Å². The number of nitrogens with two attached hydrogens (primary N) is 1. The SMILES string of the molecule is CN(C)CCNc1nc(NN)ncc1Cl. The van der Waals surface area contributed by atoms with E-state index < -0.39 is 0 Å². The number of nitrogens with one attached hydrogen (secondary N) is 2. The van der Waals surface area contributed by atoms with Crippen LogP contribution in [0.3, 0.4) is 0 Å². The molecule has 0 aromatic carbocycles. The Morgan fingerprint density at radius 2 is 2.27 bits per heavy atom. The van der Waals surface area contributed by atoms with E-state index in [1.807, 2.05) is 14.1 Å². The van der Waals surface area contributed by atoms with Crippen LogP contribution in [0.1, 0.15) is 0 Å². The van der Waals surface area contributed by atoms with Gasteiger partial charge in [0.05, 0.1) is 6.20 Å². The van der Waals surface area contributed by atoms with Gasteiger partial charge in [-0.3, -0.25) is 5.43 Å². The van der Waals surface area contributed by atoms with Gasteiger partial charge < -0.3 is 10.2 Å². The molecule has 0 aliphatic heterocycles. The predicted molar refractivity (Wildman–Crippen MR) is 61.9 cm³/mol. The lowest BCUT2D eigenvalue weighted by Gasteiger charge is -2.11. The van der Waals surface area contributed by atoms with E-state index >= 15 is 0 Å². The van der Waals surface area contributed by atoms with Crippen LogP contribution in [0.5, 0.6) is 0 Å². The molecule has 4 N–H and O–H groups in total. The second-order valence-corrected chi connectivity index (χ2v) is 3.67. The molecule has 0 saturated heterocycles. The van der Waals surface area contributed by atoms with Crippen LogP contribution in [-0.4, -0.2) is 42.1 Å². The maximum absolute atomic E-state index is 5.90. The zero-order valence-electron chi connectivity index (χ0n) is 8.79. The Morgan fingerprint density at radius 3 is 2.87 bits per heavy atom. The Hall–Kier alpha value is -1.11. The summed E-state index contributed by atoms with van der Waals surface area (Å²) in [5.74, 6) is 6.12. The van der Waals surface area contributed by atoms with Gasteiger partial charge in [-0.15, -0.1) is 0 Å². The minimum atomic E-state index is 0.340. The zero-order chi connectivity index (χ0) is 11.3. The summed E-state index contributed by atoms with van der Waals surface area (Å²) < 4.78 is 0. The monoisotopic (exact) mass is 230 g/mol. The molecular formula is C8H15ClN6. The minimum absolute atomic E-state index is 0.340. The topological polar surface area (TPSA) is 79.1 Å². The van der Waals surface area contributed by atoms with Crippen LogP contribution in [0.15, 0.2) is 6.20 Å². The van der Waals surface area contributed by atoms with Gasteiger partial charge >= 0.3 is 0 Å². The number of nitrogen functional groups attached to an aromatic ring is 1. The van der Waals surface area contributed by atoms with Gasteiger partial charge in [-0.1, -0.05) is 11.6 Å². The molecule has 0 aliphatic carbocycles. The first-order chi connectivity index (χ1) is 7.13. The van der Waals surface area contributed by atoms with Crippen molar-refractivity contribution in [2.45, 2.75) is 0 Å². The summed E-state index contributed by atoms with van der Waals surface area (Å²) in [6, 6.07) is 0. The molecule has 84 valence electrons. The van der Waals surface area contributed by atoms with Crippen molar-refractivity contribution in [3.05, 3.63) is 11.2 Å². The second kappa shape index (κ2) is 5.69. The Labute approximate surface area is 93.8 Å². The van der Waals surface area contributed by atoms with Crippen molar-refractivity contribution in [1.29, 1.82) is 0 Å². The van der Waals surface area contributed by atoms with E-state index in [4.69, 9.17) is 17.4 Å². The maximum Gasteiger partial charge on any atom is 0.239 e. The third-order valence-corrected chi connectivity index (χ3v) is 2.00. The number of hydrogen-bond acceptors (Lipinski definition) is 6. The van der Waals surface area contributed by atoms with Gasteiger partial charge in [0, 0.05) is 13.1 Å². The van der Waals surface area contributed by atoms with E-state index in [2.05, 4.69) is 25.6 Å². The number of rotatable bonds is 5. The fourth-order valence-corrected chi connectivity index (χ4v) is 1.12. The van der Waals surface area contributed by atoms with E-state index in [9.17, 15) is 0 Å². The van der Waals surface area contributed by atoms with Crippen molar-refractivity contribution in [2.75, 3.05) is 37.9 Å². The molecule has 1 rings (SSSR count). The first-order valence-electron chi connectivity index (χ1n) is 4.51. The fourth-order valence-electron chi connectivity index (χ4n) is 0.959. The standard InChI is InChI=1S/C8H15ClN6/c1-15(2)4-3-11-7-6(9)5-12-8(13-7)14-10/h5H,3-4,10H2,1-2H3,(H2,11,12,13,14). The Balaban J connectivity index is 2.59. The average molecular weight is 231 g/mol. The van der Waals surface area contributed by atoms with Crippen LogP contribution >= 0.6 is 11.6 Å². The van der Waals surface area contributed by atoms with Gasteiger partial charge in [-0.25, -0.2) is 10.8 Å². The maximum atomic E-state index is 5.90. The summed E-state index contributed by atoms with van der Waals surface area (Å²) in [7, 11) is 3.99. The van der Waals surface area contributed by atoms with Crippen LogP contribution in [0.2, 0.25) is 5.02 Å². The lowest BCUT2D eigenvalue weighted by Crippen LogP contribution is -2.21. The highest BCUT2D eigenvalue weighted by molar-refractivity contribution is 6.32. The molecule has 6 nitrogen and oxygen atoms in total. The summed E-state index contributed by atoms with van der Waals surface area (Å²) >= 11 is 5.90. The molecule has 0 aliphatic rings. The van der Waals surface area contributed by atoms with Crippen molar-refractivity contribution in [3.63, 3.8) is 0 Å². The van der Waals surface area contributed by atoms with E-state index in [-0.39, 0.29) is 0 Å². The lowest BCUT2D eigenvalue weighted by atomic mass is 10.5. The number of hydrogen-bond donors (Lipinski definition) is 3. The highest BCUT2D eigenvalue weighted by Gasteiger charge is 2.03. The number of likely N-dealkylation sites (N-methyl/N-ethyl adjacent to an activating group) is 1. The first kappa shape index (κ1) is 12.0. The summed E-state index contributed by atoms with van der Waals surface area (Å²) in [5, 5.41) is 3.58. The summed E-state index contributed by atoms with van der Waals surface area (Å²) in [6.07, 6.45) is 1.50. The summed E-state index contributed by atoms with van der Waals surface area (Å²) in [5.41, 5.74) is 2.36. The first-order valence-corrected chi connectivity index (χ1v) is 4.89. The van der Waals surface area contributed by atoms with Gasteiger partial charge in [0.25, 0.3) is 0 Å². The Bertz CT molecular complexity index is 316. The van der Waals surface area contributed by atoms with Crippen LogP contribution in [-0.2, 0) is 0 Å². The van der Waals surface area contributed by atoms with Crippen molar-refractivity contribution in [3.8, 4) is 0 Å². The highest BCUT2D eigenvalue weighted by atomic mass is 35.5. The molecule has 0 unspecified atom stereocenters. The number of nitrogens with zero attached hydrogens (tertiary/aromatic N) is 3. The van der Waals surface area contributed by atoms with Crippen LogP contribution in [0, 0.1) is 0 Å². The molecule has 1 aromatic rings. The molecule has 0 atom stereocenters. The predicted octanol–water partition coefficient (Wildman–Crippen LogP) is 0.389. The van der Waals surface area contributed by atoms with Crippen LogP contribution < -0.4 is 16.6 Å². The van der Waals surface area contributed by atoms with Crippen molar-refractivity contribution >= 4 is 23.4 Å². The largest absolute Gasteiger partial charge is 0.367 e. The molecule has 0 bridgehead atoms. The van der Waals surface area contributed by atoms with E-state index in [0.717, 1.165) is 13.1 Å². The molecule has 0 saturated carbocycles.